The zero-order valence-corrected chi connectivity index (χ0v) is 13.1. The van der Waals surface area contributed by atoms with Crippen LogP contribution in [0.5, 0.6) is 0 Å². The third-order valence-electron chi connectivity index (χ3n) is 3.27. The summed E-state index contributed by atoms with van der Waals surface area (Å²) in [5.41, 5.74) is 1.87. The van der Waals surface area contributed by atoms with Crippen LogP contribution in [0.4, 0.5) is 5.69 Å². The van der Waals surface area contributed by atoms with Crippen LogP contribution in [0.3, 0.4) is 0 Å². The Labute approximate surface area is 130 Å². The molecule has 1 aliphatic carbocycles. The van der Waals surface area contributed by atoms with Gasteiger partial charge < -0.3 is 10.6 Å². The summed E-state index contributed by atoms with van der Waals surface area (Å²) in [6.07, 6.45) is 2.00. The summed E-state index contributed by atoms with van der Waals surface area (Å²) in [5.74, 6) is 0.826. The van der Waals surface area contributed by atoms with Crippen LogP contribution in [0.25, 0.3) is 0 Å². The third-order valence-corrected chi connectivity index (χ3v) is 3.36. The van der Waals surface area contributed by atoms with Gasteiger partial charge in [0, 0.05) is 17.6 Å². The van der Waals surface area contributed by atoms with Crippen LogP contribution in [0, 0.1) is 5.92 Å². The van der Waals surface area contributed by atoms with Crippen molar-refractivity contribution in [3.63, 3.8) is 0 Å². The van der Waals surface area contributed by atoms with Gasteiger partial charge in [0.05, 0.1) is 0 Å². The van der Waals surface area contributed by atoms with Gasteiger partial charge in [0.15, 0.2) is 0 Å². The van der Waals surface area contributed by atoms with E-state index in [0.29, 0.717) is 11.0 Å². The largest absolute Gasteiger partial charge is 0.364 e. The van der Waals surface area contributed by atoms with Crippen molar-refractivity contribution in [3.8, 4) is 0 Å². The van der Waals surface area contributed by atoms with Crippen LogP contribution in [-0.2, 0) is 4.79 Å². The lowest BCUT2D eigenvalue weighted by Gasteiger charge is -2.16. The van der Waals surface area contributed by atoms with Gasteiger partial charge in [-0.1, -0.05) is 30.3 Å². The van der Waals surface area contributed by atoms with Crippen LogP contribution in [0.1, 0.15) is 38.3 Å². The first-order chi connectivity index (χ1) is 9.95. The Morgan fingerprint density at radius 1 is 1.48 bits per heavy atom. The van der Waals surface area contributed by atoms with Gasteiger partial charge in [-0.2, -0.15) is 0 Å². The van der Waals surface area contributed by atoms with Gasteiger partial charge in [-0.15, -0.1) is 0 Å². The average molecular weight is 306 g/mol. The van der Waals surface area contributed by atoms with E-state index in [4.69, 9.17) is 11.6 Å². The molecule has 2 N–H and O–H groups in total. The summed E-state index contributed by atoms with van der Waals surface area (Å²) < 4.78 is 0. The molecule has 2 rings (SSSR count). The molecule has 5 heteroatoms. The summed E-state index contributed by atoms with van der Waals surface area (Å²) in [6.45, 7) is 7.52. The van der Waals surface area contributed by atoms with Gasteiger partial charge in [0.1, 0.15) is 11.0 Å². The van der Waals surface area contributed by atoms with Crippen molar-refractivity contribution in [2.45, 2.75) is 32.7 Å². The predicted molar refractivity (Wildman–Crippen MR) is 87.4 cm³/mol. The Morgan fingerprint density at radius 3 is 2.81 bits per heavy atom. The van der Waals surface area contributed by atoms with E-state index in [0.717, 1.165) is 24.1 Å². The van der Waals surface area contributed by atoms with Crippen LogP contribution >= 0.6 is 11.6 Å². The molecular weight excluding hydrogens is 286 g/mol. The minimum absolute atomic E-state index is 0.0232. The first-order valence-electron chi connectivity index (χ1n) is 7.03. The zero-order valence-electron chi connectivity index (χ0n) is 12.3. The lowest BCUT2D eigenvalue weighted by Crippen LogP contribution is -2.17. The van der Waals surface area contributed by atoms with E-state index in [2.05, 4.69) is 22.2 Å². The highest BCUT2D eigenvalue weighted by atomic mass is 35.5. The molecule has 1 unspecified atom stereocenters. The fourth-order valence-electron chi connectivity index (χ4n) is 2.03. The SMILES string of the molecule is C=C(/N=C(\C)Cl)NC(C)c1cccc(NC(=O)C2CC2)c1. The van der Waals surface area contributed by atoms with Crippen molar-refractivity contribution < 1.29 is 4.79 Å². The number of aliphatic imine (C=N–C) groups is 1. The molecule has 0 aromatic heterocycles. The number of halogens is 1. The first kappa shape index (κ1) is 15.6. The highest BCUT2D eigenvalue weighted by Crippen LogP contribution is 2.30. The van der Waals surface area contributed by atoms with Crippen molar-refractivity contribution in [2.24, 2.45) is 10.9 Å². The standard InChI is InChI=1S/C16H20ClN3O/c1-10(18-12(3)19-11(2)17)14-5-4-6-15(9-14)20-16(21)13-7-8-13/h4-6,9-10,13,18H,3,7-8H2,1-2H3,(H,20,21)/b19-11+. The van der Waals surface area contributed by atoms with Gasteiger partial charge in [-0.3, -0.25) is 4.79 Å². The van der Waals surface area contributed by atoms with Crippen LogP contribution in [0.2, 0.25) is 0 Å². The molecule has 0 radical (unpaired) electrons. The first-order valence-corrected chi connectivity index (χ1v) is 7.40. The topological polar surface area (TPSA) is 53.5 Å². The highest BCUT2D eigenvalue weighted by Gasteiger charge is 2.29. The summed E-state index contributed by atoms with van der Waals surface area (Å²) in [6, 6.07) is 7.80. The molecule has 1 amide bonds. The van der Waals surface area contributed by atoms with Crippen LogP contribution < -0.4 is 10.6 Å². The fourth-order valence-corrected chi connectivity index (χ4v) is 2.13. The second kappa shape index (κ2) is 6.76. The molecule has 0 spiro atoms. The van der Waals surface area contributed by atoms with E-state index in [1.807, 2.05) is 31.2 Å². The van der Waals surface area contributed by atoms with Crippen molar-refractivity contribution in [2.75, 3.05) is 5.32 Å². The Balaban J connectivity index is 2.00. The van der Waals surface area contributed by atoms with Crippen molar-refractivity contribution in [1.82, 2.24) is 5.32 Å². The summed E-state index contributed by atoms with van der Waals surface area (Å²) in [7, 11) is 0. The van der Waals surface area contributed by atoms with Crippen molar-refractivity contribution >= 4 is 28.4 Å². The average Bonchev–Trinajstić information content (AvgIpc) is 3.22. The molecule has 0 aliphatic heterocycles. The normalized spacial score (nSPS) is 16.2. The maximum atomic E-state index is 11.8. The minimum Gasteiger partial charge on any atom is -0.364 e. The number of rotatable bonds is 6. The molecule has 0 saturated heterocycles. The summed E-state index contributed by atoms with van der Waals surface area (Å²) in [4.78, 5) is 15.8. The van der Waals surface area contributed by atoms with E-state index in [1.54, 1.807) is 6.92 Å². The lowest BCUT2D eigenvalue weighted by molar-refractivity contribution is -0.117. The highest BCUT2D eigenvalue weighted by molar-refractivity contribution is 6.64. The lowest BCUT2D eigenvalue weighted by atomic mass is 10.1. The van der Waals surface area contributed by atoms with E-state index in [1.165, 1.54) is 0 Å². The number of nitrogens with zero attached hydrogens (tertiary/aromatic N) is 1. The number of carbonyl (C=O) groups is 1. The number of nitrogens with one attached hydrogen (secondary N) is 2. The smallest absolute Gasteiger partial charge is 0.227 e. The molecule has 4 nitrogen and oxygen atoms in total. The summed E-state index contributed by atoms with van der Waals surface area (Å²) in [5, 5.41) is 6.55. The molecule has 1 aromatic carbocycles. The van der Waals surface area contributed by atoms with Crippen molar-refractivity contribution in [1.29, 1.82) is 0 Å². The molecule has 1 aromatic rings. The number of carbonyl (C=O) groups excluding carboxylic acids is 1. The molecule has 1 aliphatic rings. The Morgan fingerprint density at radius 2 is 2.19 bits per heavy atom. The van der Waals surface area contributed by atoms with Gasteiger partial charge in [0.2, 0.25) is 5.91 Å². The fraction of sp³-hybridized carbons (Fsp3) is 0.375. The second-order valence-corrected chi connectivity index (χ2v) is 5.86. The van der Waals surface area contributed by atoms with E-state index >= 15 is 0 Å². The molecule has 1 fully saturated rings. The van der Waals surface area contributed by atoms with E-state index < -0.39 is 0 Å². The van der Waals surface area contributed by atoms with E-state index in [9.17, 15) is 4.79 Å². The molecule has 1 atom stereocenters. The van der Waals surface area contributed by atoms with Gasteiger partial charge in [-0.05, 0) is 44.4 Å². The Kier molecular flexibility index (Phi) is 5.02. The van der Waals surface area contributed by atoms with Gasteiger partial charge in [0.25, 0.3) is 0 Å². The van der Waals surface area contributed by atoms with Gasteiger partial charge >= 0.3 is 0 Å². The number of hydrogen-bond acceptors (Lipinski definition) is 3. The number of benzene rings is 1. The summed E-state index contributed by atoms with van der Waals surface area (Å²) >= 11 is 5.72. The Hall–Kier alpha value is -1.81. The monoisotopic (exact) mass is 305 g/mol. The predicted octanol–water partition coefficient (Wildman–Crippen LogP) is 3.81. The van der Waals surface area contributed by atoms with Crippen molar-refractivity contribution in [3.05, 3.63) is 42.2 Å². The Bertz CT molecular complexity index is 575. The minimum atomic E-state index is 0.0232. The zero-order chi connectivity index (χ0) is 15.4. The number of amides is 1. The molecule has 112 valence electrons. The molecule has 1 saturated carbocycles. The van der Waals surface area contributed by atoms with Crippen LogP contribution in [-0.4, -0.2) is 11.1 Å². The second-order valence-electron chi connectivity index (χ2n) is 5.31. The maximum absolute atomic E-state index is 11.8. The molecular formula is C16H20ClN3O. The third kappa shape index (κ3) is 4.90. The number of hydrogen-bond donors (Lipinski definition) is 2. The molecule has 0 heterocycles. The maximum Gasteiger partial charge on any atom is 0.227 e. The van der Waals surface area contributed by atoms with Crippen LogP contribution in [0.15, 0.2) is 41.7 Å². The van der Waals surface area contributed by atoms with Gasteiger partial charge in [-0.25, -0.2) is 4.99 Å². The quantitative estimate of drug-likeness (QED) is 0.785. The number of anilines is 1. The molecule has 0 bridgehead atoms. The molecule has 21 heavy (non-hydrogen) atoms. The van der Waals surface area contributed by atoms with E-state index in [-0.39, 0.29) is 17.9 Å².